The number of aromatic nitrogens is 2. The molecule has 0 bridgehead atoms. The summed E-state index contributed by atoms with van der Waals surface area (Å²) >= 11 is 0. The number of benzene rings is 2. The van der Waals surface area contributed by atoms with Crippen molar-refractivity contribution in [2.75, 3.05) is 10.6 Å². The van der Waals surface area contributed by atoms with E-state index in [1.165, 1.54) is 6.07 Å². The van der Waals surface area contributed by atoms with Crippen LogP contribution in [0.1, 0.15) is 20.8 Å². The van der Waals surface area contributed by atoms with Crippen LogP contribution in [0.5, 0.6) is 0 Å². The second kappa shape index (κ2) is 6.89. The molecule has 3 aromatic rings. The molecule has 0 amide bonds. The molecular formula is C20H21FN4. The average Bonchev–Trinajstić information content (AvgIpc) is 2.56. The van der Waals surface area contributed by atoms with Crippen molar-refractivity contribution in [3.8, 4) is 11.3 Å². The highest BCUT2D eigenvalue weighted by Crippen LogP contribution is 2.25. The summed E-state index contributed by atoms with van der Waals surface area (Å²) in [6.07, 6.45) is 0. The van der Waals surface area contributed by atoms with Gasteiger partial charge in [-0.2, -0.15) is 4.98 Å². The van der Waals surface area contributed by atoms with Crippen molar-refractivity contribution in [2.24, 2.45) is 0 Å². The van der Waals surface area contributed by atoms with Gasteiger partial charge in [0.05, 0.1) is 11.4 Å². The van der Waals surface area contributed by atoms with E-state index in [1.54, 1.807) is 18.2 Å². The van der Waals surface area contributed by atoms with Crippen molar-refractivity contribution in [2.45, 2.75) is 26.3 Å². The molecule has 4 nitrogen and oxygen atoms in total. The Bertz CT molecular complexity index is 857. The first-order valence-corrected chi connectivity index (χ1v) is 8.15. The van der Waals surface area contributed by atoms with E-state index in [4.69, 9.17) is 0 Å². The molecule has 2 aromatic carbocycles. The third-order valence-electron chi connectivity index (χ3n) is 3.42. The molecule has 0 saturated heterocycles. The fourth-order valence-corrected chi connectivity index (χ4v) is 2.39. The van der Waals surface area contributed by atoms with Crippen molar-refractivity contribution in [1.82, 2.24) is 9.97 Å². The highest BCUT2D eigenvalue weighted by atomic mass is 19.1. The Hall–Kier alpha value is -2.95. The maximum Gasteiger partial charge on any atom is 0.229 e. The smallest absolute Gasteiger partial charge is 0.229 e. The first-order valence-electron chi connectivity index (χ1n) is 8.15. The van der Waals surface area contributed by atoms with E-state index in [9.17, 15) is 4.39 Å². The quantitative estimate of drug-likeness (QED) is 0.684. The number of hydrogen-bond donors (Lipinski definition) is 2. The van der Waals surface area contributed by atoms with Crippen LogP contribution in [0.3, 0.4) is 0 Å². The van der Waals surface area contributed by atoms with E-state index in [1.807, 2.05) is 36.4 Å². The van der Waals surface area contributed by atoms with E-state index >= 15 is 0 Å². The number of rotatable bonds is 4. The topological polar surface area (TPSA) is 49.8 Å². The van der Waals surface area contributed by atoms with Gasteiger partial charge >= 0.3 is 0 Å². The lowest BCUT2D eigenvalue weighted by Gasteiger charge is -2.22. The van der Waals surface area contributed by atoms with Gasteiger partial charge < -0.3 is 10.6 Å². The standard InChI is InChI=1S/C20H21FN4/c1-20(2,3)25-18-13-17(14-9-5-4-6-10-14)23-19(24-18)22-16-12-8-7-11-15(16)21/h4-13H,1-3H3,(H2,22,23,24,25). The lowest BCUT2D eigenvalue weighted by atomic mass is 10.1. The lowest BCUT2D eigenvalue weighted by Crippen LogP contribution is -2.26. The SMILES string of the molecule is CC(C)(C)Nc1cc(-c2ccccc2)nc(Nc2ccccc2F)n1. The average molecular weight is 336 g/mol. The van der Waals surface area contributed by atoms with E-state index in [0.717, 1.165) is 11.3 Å². The molecule has 0 spiro atoms. The van der Waals surface area contributed by atoms with Crippen LogP contribution >= 0.6 is 0 Å². The summed E-state index contributed by atoms with van der Waals surface area (Å²) in [5, 5.41) is 6.32. The lowest BCUT2D eigenvalue weighted by molar-refractivity contribution is 0.629. The molecule has 0 fully saturated rings. The molecular weight excluding hydrogens is 315 g/mol. The number of halogens is 1. The summed E-state index contributed by atoms with van der Waals surface area (Å²) < 4.78 is 13.9. The van der Waals surface area contributed by atoms with Crippen LogP contribution in [0.15, 0.2) is 60.7 Å². The van der Waals surface area contributed by atoms with Gasteiger partial charge in [0.1, 0.15) is 11.6 Å². The Labute approximate surface area is 147 Å². The molecule has 0 aliphatic rings. The summed E-state index contributed by atoms with van der Waals surface area (Å²) in [5.74, 6) is 0.681. The number of anilines is 3. The molecule has 1 heterocycles. The van der Waals surface area contributed by atoms with Gasteiger partial charge in [-0.15, -0.1) is 0 Å². The van der Waals surface area contributed by atoms with Crippen LogP contribution in [0.2, 0.25) is 0 Å². The normalized spacial score (nSPS) is 11.2. The van der Waals surface area contributed by atoms with E-state index in [-0.39, 0.29) is 11.4 Å². The summed E-state index contributed by atoms with van der Waals surface area (Å²) in [6.45, 7) is 6.17. The Morgan fingerprint density at radius 3 is 2.24 bits per heavy atom. The summed E-state index contributed by atoms with van der Waals surface area (Å²) in [4.78, 5) is 9.02. The largest absolute Gasteiger partial charge is 0.365 e. The highest BCUT2D eigenvalue weighted by Gasteiger charge is 2.14. The third kappa shape index (κ3) is 4.53. The summed E-state index contributed by atoms with van der Waals surface area (Å²) in [7, 11) is 0. The second-order valence-electron chi connectivity index (χ2n) is 6.81. The molecule has 0 saturated carbocycles. The van der Waals surface area contributed by atoms with Crippen molar-refractivity contribution < 1.29 is 4.39 Å². The zero-order valence-corrected chi connectivity index (χ0v) is 14.5. The van der Waals surface area contributed by atoms with Crippen molar-refractivity contribution in [3.05, 3.63) is 66.5 Å². The summed E-state index contributed by atoms with van der Waals surface area (Å²) in [6, 6.07) is 18.2. The molecule has 128 valence electrons. The predicted octanol–water partition coefficient (Wildman–Crippen LogP) is 5.24. The van der Waals surface area contributed by atoms with Crippen molar-refractivity contribution >= 4 is 17.5 Å². The zero-order chi connectivity index (χ0) is 17.9. The van der Waals surface area contributed by atoms with Crippen LogP contribution in [0, 0.1) is 5.82 Å². The number of hydrogen-bond acceptors (Lipinski definition) is 4. The second-order valence-corrected chi connectivity index (χ2v) is 6.81. The number of para-hydroxylation sites is 1. The minimum Gasteiger partial charge on any atom is -0.365 e. The van der Waals surface area contributed by atoms with Gasteiger partial charge in [-0.3, -0.25) is 0 Å². The Kier molecular flexibility index (Phi) is 4.65. The molecule has 25 heavy (non-hydrogen) atoms. The minimum atomic E-state index is -0.346. The molecule has 0 aliphatic heterocycles. The van der Waals surface area contributed by atoms with Crippen molar-refractivity contribution in [3.63, 3.8) is 0 Å². The number of nitrogens with one attached hydrogen (secondary N) is 2. The summed E-state index contributed by atoms with van der Waals surface area (Å²) in [5.41, 5.74) is 1.92. The van der Waals surface area contributed by atoms with Crippen LogP contribution in [-0.4, -0.2) is 15.5 Å². The van der Waals surface area contributed by atoms with Crippen molar-refractivity contribution in [1.29, 1.82) is 0 Å². The fraction of sp³-hybridized carbons (Fsp3) is 0.200. The molecule has 5 heteroatoms. The fourth-order valence-electron chi connectivity index (χ4n) is 2.39. The molecule has 2 N–H and O–H groups in total. The van der Waals surface area contributed by atoms with Gasteiger partial charge in [0.25, 0.3) is 0 Å². The molecule has 3 rings (SSSR count). The molecule has 1 aromatic heterocycles. The Balaban J connectivity index is 2.02. The van der Waals surface area contributed by atoms with Crippen LogP contribution in [0.4, 0.5) is 21.8 Å². The first kappa shape index (κ1) is 16.9. The van der Waals surface area contributed by atoms with E-state index < -0.39 is 0 Å². The molecule has 0 unspecified atom stereocenters. The maximum absolute atomic E-state index is 13.9. The zero-order valence-electron chi connectivity index (χ0n) is 14.5. The van der Waals surface area contributed by atoms with Crippen LogP contribution in [-0.2, 0) is 0 Å². The third-order valence-corrected chi connectivity index (χ3v) is 3.42. The Morgan fingerprint density at radius 1 is 0.880 bits per heavy atom. The van der Waals surface area contributed by atoms with Gasteiger partial charge in [-0.1, -0.05) is 42.5 Å². The first-order chi connectivity index (χ1) is 11.9. The molecule has 0 radical (unpaired) electrons. The van der Waals surface area contributed by atoms with Gasteiger partial charge in [-0.05, 0) is 32.9 Å². The van der Waals surface area contributed by atoms with Gasteiger partial charge in [0, 0.05) is 17.2 Å². The van der Waals surface area contributed by atoms with Gasteiger partial charge in [0.15, 0.2) is 0 Å². The van der Waals surface area contributed by atoms with Gasteiger partial charge in [-0.25, -0.2) is 9.37 Å². The molecule has 0 aliphatic carbocycles. The van der Waals surface area contributed by atoms with Crippen LogP contribution in [0.25, 0.3) is 11.3 Å². The maximum atomic E-state index is 13.9. The van der Waals surface area contributed by atoms with E-state index in [2.05, 4.69) is 41.4 Å². The highest BCUT2D eigenvalue weighted by molar-refractivity contribution is 5.66. The predicted molar refractivity (Wildman–Crippen MR) is 101 cm³/mol. The monoisotopic (exact) mass is 336 g/mol. The Morgan fingerprint density at radius 2 is 1.56 bits per heavy atom. The van der Waals surface area contributed by atoms with E-state index in [0.29, 0.717) is 17.5 Å². The number of nitrogens with zero attached hydrogens (tertiary/aromatic N) is 2. The van der Waals surface area contributed by atoms with Gasteiger partial charge in [0.2, 0.25) is 5.95 Å². The molecule has 0 atom stereocenters. The minimum absolute atomic E-state index is 0.155. The van der Waals surface area contributed by atoms with Crippen LogP contribution < -0.4 is 10.6 Å².